The minimum absolute atomic E-state index is 0.333. The van der Waals surface area contributed by atoms with Crippen molar-refractivity contribution in [2.45, 2.75) is 6.92 Å². The topological polar surface area (TPSA) is 58.9 Å². The van der Waals surface area contributed by atoms with Gasteiger partial charge in [0.25, 0.3) is 0 Å². The molecule has 0 fully saturated rings. The lowest BCUT2D eigenvalue weighted by Crippen LogP contribution is -1.87. The van der Waals surface area contributed by atoms with Crippen LogP contribution in [0.1, 0.15) is 6.92 Å². The van der Waals surface area contributed by atoms with Gasteiger partial charge in [-0.3, -0.25) is 9.78 Å². The maximum atomic E-state index is 7.67. The zero-order chi connectivity index (χ0) is 5.70. The molecule has 42 valence electrons. The molecule has 0 aliphatic heterocycles. The van der Waals surface area contributed by atoms with E-state index in [9.17, 15) is 0 Å². The predicted octanol–water partition coefficient (Wildman–Crippen LogP) is 0.827. The second kappa shape index (κ2) is 3.45. The molecule has 4 heteroatoms. The summed E-state index contributed by atoms with van der Waals surface area (Å²) in [6.45, 7) is 1.53. The van der Waals surface area contributed by atoms with E-state index in [4.69, 9.17) is 10.5 Å². The van der Waals surface area contributed by atoms with Crippen LogP contribution in [-0.2, 0) is 9.78 Å². The van der Waals surface area contributed by atoms with Crippen LogP contribution < -0.4 is 0 Å². The Hall–Kier alpha value is -0.740. The standard InChI is InChI=1S/C3H6O4/c1-2-3(6-4)7-5/h2,4-5H,1H3. The van der Waals surface area contributed by atoms with Gasteiger partial charge in [0.2, 0.25) is 0 Å². The van der Waals surface area contributed by atoms with Crippen molar-refractivity contribution in [2.24, 2.45) is 0 Å². The lowest BCUT2D eigenvalue weighted by molar-refractivity contribution is -0.325. The molecule has 0 bridgehead atoms. The molecule has 0 rings (SSSR count). The molecule has 0 saturated carbocycles. The normalized spacial score (nSPS) is 7.29. The fraction of sp³-hybridized carbons (Fsp3) is 0.333. The lowest BCUT2D eigenvalue weighted by Gasteiger charge is -1.92. The van der Waals surface area contributed by atoms with E-state index in [1.165, 1.54) is 13.0 Å². The van der Waals surface area contributed by atoms with E-state index in [2.05, 4.69) is 9.78 Å². The molecule has 0 aromatic heterocycles. The maximum absolute atomic E-state index is 7.67. The average Bonchev–Trinajstić information content (AvgIpc) is 1.72. The average molecular weight is 106 g/mol. The third kappa shape index (κ3) is 2.02. The molecule has 0 aromatic rings. The summed E-state index contributed by atoms with van der Waals surface area (Å²) in [5.41, 5.74) is 0. The van der Waals surface area contributed by atoms with Crippen molar-refractivity contribution in [3.63, 3.8) is 0 Å². The molecule has 0 aliphatic carbocycles. The SMILES string of the molecule is CC=C(OO)OO. The molecule has 4 nitrogen and oxygen atoms in total. The van der Waals surface area contributed by atoms with Crippen LogP contribution in [0.25, 0.3) is 0 Å². The van der Waals surface area contributed by atoms with E-state index in [0.29, 0.717) is 0 Å². The highest BCUT2D eigenvalue weighted by molar-refractivity contribution is 4.74. The van der Waals surface area contributed by atoms with Gasteiger partial charge in [0.15, 0.2) is 0 Å². The van der Waals surface area contributed by atoms with E-state index in [1.807, 2.05) is 0 Å². The molecule has 2 N–H and O–H groups in total. The molecule has 0 amide bonds. The zero-order valence-electron chi connectivity index (χ0n) is 3.79. The van der Waals surface area contributed by atoms with Crippen LogP contribution in [0, 0.1) is 0 Å². The summed E-state index contributed by atoms with van der Waals surface area (Å²) < 4.78 is 0. The van der Waals surface area contributed by atoms with Crippen molar-refractivity contribution in [3.05, 3.63) is 12.0 Å². The van der Waals surface area contributed by atoms with Crippen LogP contribution in [0.3, 0.4) is 0 Å². The van der Waals surface area contributed by atoms with Gasteiger partial charge in [-0.1, -0.05) is 0 Å². The van der Waals surface area contributed by atoms with Gasteiger partial charge in [0.1, 0.15) is 0 Å². The van der Waals surface area contributed by atoms with Crippen LogP contribution in [0.5, 0.6) is 0 Å². The van der Waals surface area contributed by atoms with Crippen molar-refractivity contribution < 1.29 is 20.3 Å². The first-order chi connectivity index (χ1) is 3.35. The van der Waals surface area contributed by atoms with Gasteiger partial charge in [-0.2, -0.15) is 10.5 Å². The van der Waals surface area contributed by atoms with Crippen molar-refractivity contribution in [3.8, 4) is 0 Å². The second-order valence-corrected chi connectivity index (χ2v) is 0.790. The second-order valence-electron chi connectivity index (χ2n) is 0.790. The summed E-state index contributed by atoms with van der Waals surface area (Å²) in [5.74, 6) is -0.333. The van der Waals surface area contributed by atoms with E-state index in [-0.39, 0.29) is 5.95 Å². The van der Waals surface area contributed by atoms with Gasteiger partial charge in [0.05, 0.1) is 0 Å². The van der Waals surface area contributed by atoms with E-state index in [0.717, 1.165) is 0 Å². The predicted molar refractivity (Wildman–Crippen MR) is 21.2 cm³/mol. The van der Waals surface area contributed by atoms with Crippen LogP contribution in [0.4, 0.5) is 0 Å². The monoisotopic (exact) mass is 106 g/mol. The Morgan fingerprint density at radius 1 is 1.43 bits per heavy atom. The largest absolute Gasteiger partial charge is 0.347 e. The van der Waals surface area contributed by atoms with Gasteiger partial charge >= 0.3 is 5.95 Å². The summed E-state index contributed by atoms with van der Waals surface area (Å²) in [6, 6.07) is 0. The van der Waals surface area contributed by atoms with Crippen LogP contribution in [-0.4, -0.2) is 10.5 Å². The van der Waals surface area contributed by atoms with Crippen molar-refractivity contribution in [1.29, 1.82) is 0 Å². The highest BCUT2D eigenvalue weighted by atomic mass is 17.2. The molecular weight excluding hydrogens is 100 g/mol. The Morgan fingerprint density at radius 3 is 1.86 bits per heavy atom. The summed E-state index contributed by atoms with van der Waals surface area (Å²) in [5, 5.41) is 15.3. The van der Waals surface area contributed by atoms with Gasteiger partial charge in [-0.15, -0.1) is 0 Å². The Kier molecular flexibility index (Phi) is 3.09. The van der Waals surface area contributed by atoms with Crippen molar-refractivity contribution in [2.75, 3.05) is 0 Å². The van der Waals surface area contributed by atoms with Gasteiger partial charge in [0, 0.05) is 0 Å². The fourth-order valence-electron chi connectivity index (χ4n) is 0.122. The number of hydrogen-bond donors (Lipinski definition) is 2. The Labute approximate surface area is 40.5 Å². The molecular formula is C3H6O4. The van der Waals surface area contributed by atoms with E-state index >= 15 is 0 Å². The van der Waals surface area contributed by atoms with E-state index in [1.54, 1.807) is 0 Å². The summed E-state index contributed by atoms with van der Waals surface area (Å²) in [7, 11) is 0. The molecule has 0 heterocycles. The zero-order valence-corrected chi connectivity index (χ0v) is 3.79. The van der Waals surface area contributed by atoms with Gasteiger partial charge < -0.3 is 0 Å². The molecule has 0 saturated heterocycles. The molecule has 0 unspecified atom stereocenters. The quantitative estimate of drug-likeness (QED) is 0.311. The first kappa shape index (κ1) is 6.26. The number of rotatable bonds is 2. The molecule has 0 radical (unpaired) electrons. The summed E-state index contributed by atoms with van der Waals surface area (Å²) in [4.78, 5) is 6.88. The maximum Gasteiger partial charge on any atom is 0.347 e. The molecule has 7 heavy (non-hydrogen) atoms. The van der Waals surface area contributed by atoms with Crippen LogP contribution in [0.2, 0.25) is 0 Å². The lowest BCUT2D eigenvalue weighted by atomic mass is 10.7. The summed E-state index contributed by atoms with van der Waals surface area (Å²) >= 11 is 0. The van der Waals surface area contributed by atoms with Crippen molar-refractivity contribution in [1.82, 2.24) is 0 Å². The molecule has 0 atom stereocenters. The van der Waals surface area contributed by atoms with E-state index < -0.39 is 0 Å². The van der Waals surface area contributed by atoms with Crippen LogP contribution >= 0.6 is 0 Å². The molecule has 0 aromatic carbocycles. The number of allylic oxidation sites excluding steroid dienone is 1. The smallest absolute Gasteiger partial charge is 0.298 e. The molecule has 0 spiro atoms. The first-order valence-corrected chi connectivity index (χ1v) is 1.64. The number of hydrogen-bond acceptors (Lipinski definition) is 4. The Morgan fingerprint density at radius 2 is 1.86 bits per heavy atom. The first-order valence-electron chi connectivity index (χ1n) is 1.64. The Bertz CT molecular complexity index is 61.3. The van der Waals surface area contributed by atoms with Gasteiger partial charge in [-0.05, 0) is 13.0 Å². The molecule has 0 aliphatic rings. The Balaban J connectivity index is 3.38. The minimum atomic E-state index is -0.333. The van der Waals surface area contributed by atoms with Crippen LogP contribution in [0.15, 0.2) is 12.0 Å². The van der Waals surface area contributed by atoms with Gasteiger partial charge in [-0.25, -0.2) is 0 Å². The highest BCUT2D eigenvalue weighted by Gasteiger charge is 1.89. The highest BCUT2D eigenvalue weighted by Crippen LogP contribution is 1.90. The third-order valence-corrected chi connectivity index (χ3v) is 0.416. The fourth-order valence-corrected chi connectivity index (χ4v) is 0.122. The minimum Gasteiger partial charge on any atom is -0.298 e. The summed E-state index contributed by atoms with van der Waals surface area (Å²) in [6.07, 6.45) is 1.25. The van der Waals surface area contributed by atoms with Crippen molar-refractivity contribution >= 4 is 0 Å². The third-order valence-electron chi connectivity index (χ3n) is 0.416.